The molecular formula is C23H29N3O4. The van der Waals surface area contributed by atoms with Crippen LogP contribution < -0.4 is 10.2 Å². The Morgan fingerprint density at radius 2 is 1.60 bits per heavy atom. The quantitative estimate of drug-likeness (QED) is 0.525. The minimum atomic E-state index is -0.954. The highest BCUT2D eigenvalue weighted by Gasteiger charge is 2.24. The summed E-state index contributed by atoms with van der Waals surface area (Å²) < 4.78 is 4.84. The highest BCUT2D eigenvalue weighted by Crippen LogP contribution is 2.12. The van der Waals surface area contributed by atoms with Crippen LogP contribution in [0.2, 0.25) is 0 Å². The molecule has 160 valence electrons. The third-order valence-corrected chi connectivity index (χ3v) is 4.48. The summed E-state index contributed by atoms with van der Waals surface area (Å²) in [6, 6.07) is 16.6. The largest absolute Gasteiger partial charge is 0.425 e. The molecule has 0 fully saturated rings. The molecule has 2 aromatic rings. The van der Waals surface area contributed by atoms with Crippen molar-refractivity contribution < 1.29 is 19.1 Å². The van der Waals surface area contributed by atoms with Gasteiger partial charge in [-0.2, -0.15) is 0 Å². The van der Waals surface area contributed by atoms with E-state index in [9.17, 15) is 14.4 Å². The van der Waals surface area contributed by atoms with Gasteiger partial charge >= 0.3 is 18.1 Å². The lowest BCUT2D eigenvalue weighted by molar-refractivity contribution is -0.138. The zero-order valence-electron chi connectivity index (χ0n) is 17.8. The molecule has 0 saturated heterocycles. The molecule has 0 bridgehead atoms. The van der Waals surface area contributed by atoms with Gasteiger partial charge in [0.05, 0.1) is 0 Å². The van der Waals surface area contributed by atoms with Gasteiger partial charge in [0.25, 0.3) is 0 Å². The van der Waals surface area contributed by atoms with Crippen molar-refractivity contribution in [1.29, 1.82) is 0 Å². The van der Waals surface area contributed by atoms with Crippen LogP contribution in [-0.4, -0.2) is 43.6 Å². The van der Waals surface area contributed by atoms with Gasteiger partial charge in [0.2, 0.25) is 0 Å². The highest BCUT2D eigenvalue weighted by molar-refractivity contribution is 5.95. The van der Waals surface area contributed by atoms with E-state index >= 15 is 0 Å². The molecule has 0 aliphatic rings. The van der Waals surface area contributed by atoms with Crippen molar-refractivity contribution in [3.05, 3.63) is 65.7 Å². The summed E-state index contributed by atoms with van der Waals surface area (Å²) in [4.78, 5) is 39.8. The Balaban J connectivity index is 2.02. The molecule has 0 aliphatic heterocycles. The van der Waals surface area contributed by atoms with Crippen molar-refractivity contribution >= 4 is 23.8 Å². The Morgan fingerprint density at radius 3 is 2.20 bits per heavy atom. The van der Waals surface area contributed by atoms with Gasteiger partial charge in [0.1, 0.15) is 0 Å². The molecule has 0 heterocycles. The zero-order chi connectivity index (χ0) is 21.9. The summed E-state index contributed by atoms with van der Waals surface area (Å²) in [5.41, 5.74) is 2.92. The maximum absolute atomic E-state index is 12.7. The lowest BCUT2D eigenvalue weighted by atomic mass is 10.1. The molecule has 0 spiro atoms. The van der Waals surface area contributed by atoms with Gasteiger partial charge in [0.15, 0.2) is 0 Å². The summed E-state index contributed by atoms with van der Waals surface area (Å²) in [7, 11) is 3.90. The first kappa shape index (κ1) is 22.9. The van der Waals surface area contributed by atoms with E-state index in [0.717, 1.165) is 21.7 Å². The molecule has 0 radical (unpaired) electrons. The van der Waals surface area contributed by atoms with Crippen LogP contribution in [0.15, 0.2) is 54.6 Å². The molecule has 0 atom stereocenters. The van der Waals surface area contributed by atoms with Gasteiger partial charge in [-0.05, 0) is 36.1 Å². The average Bonchev–Trinajstić information content (AvgIpc) is 2.73. The number of benzene rings is 2. The van der Waals surface area contributed by atoms with E-state index in [1.165, 1.54) is 0 Å². The molecular weight excluding hydrogens is 382 g/mol. The Hall–Kier alpha value is -3.35. The first-order valence-electron chi connectivity index (χ1n) is 10.0. The van der Waals surface area contributed by atoms with Crippen molar-refractivity contribution in [1.82, 2.24) is 10.2 Å². The maximum Gasteiger partial charge on any atom is 0.425 e. The summed E-state index contributed by atoms with van der Waals surface area (Å²) in [5, 5.41) is 2.73. The molecule has 30 heavy (non-hydrogen) atoms. The Bertz CT molecular complexity index is 835. The van der Waals surface area contributed by atoms with E-state index in [1.807, 2.05) is 80.5 Å². The summed E-state index contributed by atoms with van der Waals surface area (Å²) in [6.45, 7) is 2.17. The second-order valence-corrected chi connectivity index (χ2v) is 7.10. The predicted molar refractivity (Wildman–Crippen MR) is 116 cm³/mol. The molecule has 2 aromatic carbocycles. The predicted octanol–water partition coefficient (Wildman–Crippen LogP) is 3.97. The van der Waals surface area contributed by atoms with Crippen LogP contribution in [0.25, 0.3) is 0 Å². The standard InChI is InChI=1S/C23H29N3O4/c1-4-8-21(27)30-23(29)26(16-15-18-9-6-5-7-10-18)22(28)24-17-19-11-13-20(14-12-19)25(2)3/h5-7,9-14H,4,8,15-17H2,1-3H3,(H,24,28). The molecule has 0 aliphatic carbocycles. The van der Waals surface area contributed by atoms with Gasteiger partial charge in [-0.25, -0.2) is 14.5 Å². The van der Waals surface area contributed by atoms with Crippen molar-refractivity contribution in [2.45, 2.75) is 32.7 Å². The SMILES string of the molecule is CCCC(=O)OC(=O)N(CCc1ccccc1)C(=O)NCc1ccc(N(C)C)cc1. The van der Waals surface area contributed by atoms with Crippen molar-refractivity contribution in [3.8, 4) is 0 Å². The van der Waals surface area contributed by atoms with E-state index in [0.29, 0.717) is 12.8 Å². The number of hydrogen-bond acceptors (Lipinski definition) is 5. The number of carbonyl (C=O) groups is 3. The van der Waals surface area contributed by atoms with Crippen LogP contribution in [0.4, 0.5) is 15.3 Å². The Morgan fingerprint density at radius 1 is 0.933 bits per heavy atom. The minimum Gasteiger partial charge on any atom is -0.378 e. The summed E-state index contributed by atoms with van der Waals surface area (Å²) >= 11 is 0. The summed E-state index contributed by atoms with van der Waals surface area (Å²) in [6.07, 6.45) is 0.191. The monoisotopic (exact) mass is 411 g/mol. The lowest BCUT2D eigenvalue weighted by Crippen LogP contribution is -2.45. The molecule has 2 rings (SSSR count). The van der Waals surface area contributed by atoms with Crippen molar-refractivity contribution in [2.75, 3.05) is 25.5 Å². The van der Waals surface area contributed by atoms with E-state index in [2.05, 4.69) is 5.32 Å². The zero-order valence-corrected chi connectivity index (χ0v) is 17.8. The number of urea groups is 1. The van der Waals surface area contributed by atoms with Crippen LogP contribution in [0.3, 0.4) is 0 Å². The third-order valence-electron chi connectivity index (χ3n) is 4.48. The van der Waals surface area contributed by atoms with E-state index in [1.54, 1.807) is 0 Å². The molecule has 1 N–H and O–H groups in total. The van der Waals surface area contributed by atoms with E-state index in [4.69, 9.17) is 4.74 Å². The molecule has 7 heteroatoms. The number of nitrogens with one attached hydrogen (secondary N) is 1. The highest BCUT2D eigenvalue weighted by atomic mass is 16.6. The molecule has 0 aromatic heterocycles. The second kappa shape index (κ2) is 11.6. The van der Waals surface area contributed by atoms with Crippen LogP contribution in [-0.2, 0) is 22.5 Å². The van der Waals surface area contributed by atoms with E-state index < -0.39 is 18.1 Å². The fourth-order valence-corrected chi connectivity index (χ4v) is 2.75. The maximum atomic E-state index is 12.7. The fraction of sp³-hybridized carbons (Fsp3) is 0.348. The molecule has 0 saturated carbocycles. The lowest BCUT2D eigenvalue weighted by Gasteiger charge is -2.20. The molecule has 3 amide bonds. The normalized spacial score (nSPS) is 10.2. The second-order valence-electron chi connectivity index (χ2n) is 7.10. The number of anilines is 1. The van der Waals surface area contributed by atoms with Crippen LogP contribution >= 0.6 is 0 Å². The van der Waals surface area contributed by atoms with Gasteiger partial charge in [-0.15, -0.1) is 0 Å². The Kier molecular flexibility index (Phi) is 8.87. The van der Waals surface area contributed by atoms with E-state index in [-0.39, 0.29) is 19.5 Å². The third kappa shape index (κ3) is 7.24. The number of ether oxygens (including phenoxy) is 1. The van der Waals surface area contributed by atoms with Gasteiger partial charge in [0, 0.05) is 39.3 Å². The molecule has 0 unspecified atom stereocenters. The number of amides is 3. The number of rotatable bonds is 8. The molecule has 7 nitrogen and oxygen atoms in total. The Labute approximate surface area is 177 Å². The van der Waals surface area contributed by atoms with Gasteiger partial charge in [-0.3, -0.25) is 4.79 Å². The topological polar surface area (TPSA) is 79.0 Å². The smallest absolute Gasteiger partial charge is 0.378 e. The van der Waals surface area contributed by atoms with Crippen molar-refractivity contribution in [3.63, 3.8) is 0 Å². The number of hydrogen-bond donors (Lipinski definition) is 1. The van der Waals surface area contributed by atoms with Gasteiger partial charge in [-0.1, -0.05) is 49.4 Å². The van der Waals surface area contributed by atoms with Gasteiger partial charge < -0.3 is 15.0 Å². The average molecular weight is 412 g/mol. The minimum absolute atomic E-state index is 0.105. The first-order chi connectivity index (χ1) is 14.4. The number of esters is 1. The fourth-order valence-electron chi connectivity index (χ4n) is 2.75. The number of carbonyl (C=O) groups excluding carboxylic acids is 3. The number of nitrogens with zero attached hydrogens (tertiary/aromatic N) is 2. The van der Waals surface area contributed by atoms with Crippen molar-refractivity contribution in [2.24, 2.45) is 0 Å². The van der Waals surface area contributed by atoms with Crippen LogP contribution in [0, 0.1) is 0 Å². The van der Waals surface area contributed by atoms with Crippen LogP contribution in [0.5, 0.6) is 0 Å². The number of imide groups is 1. The van der Waals surface area contributed by atoms with Crippen LogP contribution in [0.1, 0.15) is 30.9 Å². The summed E-state index contributed by atoms with van der Waals surface area (Å²) in [5.74, 6) is -0.640. The first-order valence-corrected chi connectivity index (χ1v) is 10.0.